The van der Waals surface area contributed by atoms with Crippen LogP contribution in [0.15, 0.2) is 24.3 Å². The molecule has 0 saturated carbocycles. The van der Waals surface area contributed by atoms with E-state index in [0.717, 1.165) is 17.9 Å². The fourth-order valence-electron chi connectivity index (χ4n) is 1.90. The quantitative estimate of drug-likeness (QED) is 0.781. The summed E-state index contributed by atoms with van der Waals surface area (Å²) < 4.78 is 11.4. The Morgan fingerprint density at radius 3 is 2.42 bits per heavy atom. The molecule has 3 nitrogen and oxygen atoms in total. The zero-order valence-corrected chi connectivity index (χ0v) is 12.8. The van der Waals surface area contributed by atoms with Crippen molar-refractivity contribution in [2.24, 2.45) is 5.92 Å². The average Bonchev–Trinajstić information content (AvgIpc) is 2.42. The highest BCUT2D eigenvalue weighted by molar-refractivity contribution is 5.35. The Bertz CT molecular complexity index is 366. The van der Waals surface area contributed by atoms with Gasteiger partial charge in [0.15, 0.2) is 0 Å². The molecule has 108 valence electrons. The summed E-state index contributed by atoms with van der Waals surface area (Å²) in [6.45, 7) is 10.1. The lowest BCUT2D eigenvalue weighted by Crippen LogP contribution is -2.28. The molecule has 0 aliphatic rings. The third kappa shape index (κ3) is 4.84. The molecule has 2 unspecified atom stereocenters. The van der Waals surface area contributed by atoms with Crippen LogP contribution in [0, 0.1) is 5.92 Å². The van der Waals surface area contributed by atoms with Gasteiger partial charge in [-0.15, -0.1) is 0 Å². The molecule has 0 aliphatic heterocycles. The molecule has 0 spiro atoms. The second-order valence-corrected chi connectivity index (χ2v) is 5.13. The minimum Gasteiger partial charge on any atom is -0.496 e. The van der Waals surface area contributed by atoms with E-state index in [4.69, 9.17) is 9.47 Å². The van der Waals surface area contributed by atoms with Crippen molar-refractivity contribution in [2.75, 3.05) is 20.3 Å². The normalized spacial score (nSPS) is 14.4. The van der Waals surface area contributed by atoms with E-state index < -0.39 is 0 Å². The highest BCUT2D eigenvalue weighted by Gasteiger charge is 2.17. The molecular weight excluding hydrogens is 238 g/mol. The summed E-state index contributed by atoms with van der Waals surface area (Å²) in [7, 11) is 1.71. The van der Waals surface area contributed by atoms with Crippen molar-refractivity contribution >= 4 is 0 Å². The first kappa shape index (κ1) is 16.0. The molecule has 2 atom stereocenters. The molecule has 0 aliphatic carbocycles. The lowest BCUT2D eigenvalue weighted by atomic mass is 10.1. The molecule has 0 radical (unpaired) electrons. The van der Waals surface area contributed by atoms with E-state index in [0.29, 0.717) is 12.5 Å². The lowest BCUT2D eigenvalue weighted by molar-refractivity contribution is 0.0217. The number of likely N-dealkylation sites (N-methyl/N-ethyl adjacent to an activating group) is 1. The maximum absolute atomic E-state index is 5.95. The molecule has 3 heteroatoms. The summed E-state index contributed by atoms with van der Waals surface area (Å²) in [5.74, 6) is 1.44. The van der Waals surface area contributed by atoms with Crippen LogP contribution >= 0.6 is 0 Å². The molecule has 1 rings (SSSR count). The van der Waals surface area contributed by atoms with Crippen LogP contribution in [-0.2, 0) is 4.74 Å². The number of rotatable bonds is 8. The maximum atomic E-state index is 5.95. The van der Waals surface area contributed by atoms with Gasteiger partial charge in [-0.2, -0.15) is 0 Å². The molecule has 0 aromatic heterocycles. The summed E-state index contributed by atoms with van der Waals surface area (Å²) in [5, 5.41) is 3.46. The Labute approximate surface area is 117 Å². The van der Waals surface area contributed by atoms with Crippen molar-refractivity contribution in [3.8, 4) is 5.75 Å². The first-order valence-electron chi connectivity index (χ1n) is 7.08. The number of methoxy groups -OCH3 is 1. The van der Waals surface area contributed by atoms with Crippen LogP contribution in [0.5, 0.6) is 5.75 Å². The van der Waals surface area contributed by atoms with Gasteiger partial charge in [0.05, 0.1) is 25.9 Å². The van der Waals surface area contributed by atoms with Gasteiger partial charge in [0, 0.05) is 5.56 Å². The average molecular weight is 265 g/mol. The second-order valence-electron chi connectivity index (χ2n) is 5.13. The van der Waals surface area contributed by atoms with E-state index in [1.807, 2.05) is 18.2 Å². The van der Waals surface area contributed by atoms with E-state index in [9.17, 15) is 0 Å². The zero-order valence-electron chi connectivity index (χ0n) is 12.8. The van der Waals surface area contributed by atoms with Crippen molar-refractivity contribution in [3.63, 3.8) is 0 Å². The van der Waals surface area contributed by atoms with Crippen LogP contribution in [0.25, 0.3) is 0 Å². The van der Waals surface area contributed by atoms with E-state index in [2.05, 4.69) is 39.1 Å². The third-order valence-electron chi connectivity index (χ3n) is 3.43. The topological polar surface area (TPSA) is 30.5 Å². The van der Waals surface area contributed by atoms with Crippen LogP contribution in [0.1, 0.15) is 39.3 Å². The third-order valence-corrected chi connectivity index (χ3v) is 3.43. The highest BCUT2D eigenvalue weighted by atomic mass is 16.5. The number of nitrogens with one attached hydrogen (secondary N) is 1. The van der Waals surface area contributed by atoms with Gasteiger partial charge in [0.25, 0.3) is 0 Å². The molecule has 1 aromatic carbocycles. The van der Waals surface area contributed by atoms with Crippen molar-refractivity contribution in [1.29, 1.82) is 0 Å². The second kappa shape index (κ2) is 8.18. The molecule has 0 saturated heterocycles. The summed E-state index contributed by atoms with van der Waals surface area (Å²) in [4.78, 5) is 0. The van der Waals surface area contributed by atoms with Crippen LogP contribution in [0.2, 0.25) is 0 Å². The number of ether oxygens (including phenoxy) is 2. The number of hydrogen-bond donors (Lipinski definition) is 1. The first-order valence-corrected chi connectivity index (χ1v) is 7.08. The minimum absolute atomic E-state index is 0.169. The first-order chi connectivity index (χ1) is 9.10. The Kier molecular flexibility index (Phi) is 6.89. The molecule has 0 bridgehead atoms. The van der Waals surface area contributed by atoms with Crippen LogP contribution in [0.4, 0.5) is 0 Å². The molecule has 0 fully saturated rings. The van der Waals surface area contributed by atoms with Gasteiger partial charge in [-0.25, -0.2) is 0 Å². The number of benzene rings is 1. The SMILES string of the molecule is CCNC(COC(C)C(C)C)c1ccccc1OC. The standard InChI is InChI=1S/C16H27NO2/c1-6-17-15(11-19-13(4)12(2)3)14-9-7-8-10-16(14)18-5/h7-10,12-13,15,17H,6,11H2,1-5H3. The fourth-order valence-corrected chi connectivity index (χ4v) is 1.90. The van der Waals surface area contributed by atoms with Gasteiger partial charge in [0.1, 0.15) is 5.75 Å². The fraction of sp³-hybridized carbons (Fsp3) is 0.625. The van der Waals surface area contributed by atoms with Crippen molar-refractivity contribution in [1.82, 2.24) is 5.32 Å². The molecular formula is C16H27NO2. The van der Waals surface area contributed by atoms with Crippen LogP contribution in [-0.4, -0.2) is 26.4 Å². The van der Waals surface area contributed by atoms with Gasteiger partial charge in [-0.05, 0) is 25.5 Å². The Morgan fingerprint density at radius 2 is 1.84 bits per heavy atom. The monoisotopic (exact) mass is 265 g/mol. The smallest absolute Gasteiger partial charge is 0.123 e. The molecule has 0 heterocycles. The van der Waals surface area contributed by atoms with E-state index in [-0.39, 0.29) is 12.1 Å². The van der Waals surface area contributed by atoms with Crippen molar-refractivity contribution < 1.29 is 9.47 Å². The van der Waals surface area contributed by atoms with E-state index >= 15 is 0 Å². The zero-order chi connectivity index (χ0) is 14.3. The minimum atomic E-state index is 0.169. The summed E-state index contributed by atoms with van der Waals surface area (Å²) in [6.07, 6.45) is 0.260. The van der Waals surface area contributed by atoms with E-state index in [1.54, 1.807) is 7.11 Å². The van der Waals surface area contributed by atoms with Crippen molar-refractivity contribution in [3.05, 3.63) is 29.8 Å². The highest BCUT2D eigenvalue weighted by Crippen LogP contribution is 2.25. The predicted octanol–water partition coefficient (Wildman–Crippen LogP) is 3.41. The predicted molar refractivity (Wildman–Crippen MR) is 79.7 cm³/mol. The van der Waals surface area contributed by atoms with Crippen molar-refractivity contribution in [2.45, 2.75) is 39.8 Å². The Balaban J connectivity index is 2.76. The van der Waals surface area contributed by atoms with E-state index in [1.165, 1.54) is 0 Å². The molecule has 19 heavy (non-hydrogen) atoms. The summed E-state index contributed by atoms with van der Waals surface area (Å²) in [5.41, 5.74) is 1.16. The van der Waals surface area contributed by atoms with Gasteiger partial charge >= 0.3 is 0 Å². The molecule has 1 aromatic rings. The maximum Gasteiger partial charge on any atom is 0.123 e. The Morgan fingerprint density at radius 1 is 1.16 bits per heavy atom. The number of hydrogen-bond acceptors (Lipinski definition) is 3. The molecule has 0 amide bonds. The van der Waals surface area contributed by atoms with Gasteiger partial charge < -0.3 is 14.8 Å². The largest absolute Gasteiger partial charge is 0.496 e. The van der Waals surface area contributed by atoms with Gasteiger partial charge in [-0.3, -0.25) is 0 Å². The lowest BCUT2D eigenvalue weighted by Gasteiger charge is -2.24. The van der Waals surface area contributed by atoms with Crippen LogP contribution < -0.4 is 10.1 Å². The Hall–Kier alpha value is -1.06. The summed E-state index contributed by atoms with van der Waals surface area (Å²) in [6, 6.07) is 8.28. The van der Waals surface area contributed by atoms with Gasteiger partial charge in [0.2, 0.25) is 0 Å². The summed E-state index contributed by atoms with van der Waals surface area (Å²) >= 11 is 0. The van der Waals surface area contributed by atoms with Gasteiger partial charge in [-0.1, -0.05) is 39.0 Å². The number of para-hydroxylation sites is 1. The molecule has 1 N–H and O–H groups in total. The van der Waals surface area contributed by atoms with Crippen LogP contribution in [0.3, 0.4) is 0 Å².